The van der Waals surface area contributed by atoms with E-state index in [0.29, 0.717) is 17.9 Å². The van der Waals surface area contributed by atoms with Crippen molar-refractivity contribution in [1.82, 2.24) is 9.78 Å². The third-order valence-electron chi connectivity index (χ3n) is 3.01. The maximum Gasteiger partial charge on any atom is 0.265 e. The Bertz CT molecular complexity index is 753. The maximum absolute atomic E-state index is 12.5. The molecule has 0 unspecified atom stereocenters. The first-order chi connectivity index (χ1) is 9.87. The van der Waals surface area contributed by atoms with Gasteiger partial charge >= 0.3 is 0 Å². The lowest BCUT2D eigenvalue weighted by Gasteiger charge is -2.12. The Labute approximate surface area is 123 Å². The van der Waals surface area contributed by atoms with Gasteiger partial charge in [0.15, 0.2) is 0 Å². The number of nitrogens with zero attached hydrogens (tertiary/aromatic N) is 2. The minimum atomic E-state index is -3.76. The Morgan fingerprint density at radius 1 is 1.43 bits per heavy atom. The summed E-state index contributed by atoms with van der Waals surface area (Å²) in [6.07, 6.45) is 1.60. The maximum atomic E-state index is 12.5. The standard InChI is InChI=1S/C13H18N4O3S/c1-9-11(8-17(2)15-9)16-21(18,19)13-5-4-10(7-14)6-12(13)20-3/h4-6,8,16H,7,14H2,1-3H3. The molecule has 1 aromatic heterocycles. The molecule has 0 aliphatic heterocycles. The lowest BCUT2D eigenvalue weighted by atomic mass is 10.2. The number of nitrogens with one attached hydrogen (secondary N) is 1. The highest BCUT2D eigenvalue weighted by molar-refractivity contribution is 7.92. The molecule has 7 nitrogen and oxygen atoms in total. The number of ether oxygens (including phenoxy) is 1. The summed E-state index contributed by atoms with van der Waals surface area (Å²) in [5, 5.41) is 4.10. The van der Waals surface area contributed by atoms with Gasteiger partial charge in [-0.05, 0) is 24.6 Å². The second kappa shape index (κ2) is 5.74. The second-order valence-corrected chi connectivity index (χ2v) is 6.25. The minimum Gasteiger partial charge on any atom is -0.495 e. The van der Waals surface area contributed by atoms with Crippen molar-refractivity contribution in [3.8, 4) is 5.75 Å². The van der Waals surface area contributed by atoms with Crippen molar-refractivity contribution in [3.05, 3.63) is 35.7 Å². The molecule has 114 valence electrons. The number of aryl methyl sites for hydroxylation is 2. The molecule has 0 saturated heterocycles. The molecule has 2 aromatic rings. The number of rotatable bonds is 5. The number of methoxy groups -OCH3 is 1. The van der Waals surface area contributed by atoms with Crippen LogP contribution in [0.4, 0.5) is 5.69 Å². The van der Waals surface area contributed by atoms with Crippen LogP contribution in [0.5, 0.6) is 5.75 Å². The molecule has 1 heterocycles. The highest BCUT2D eigenvalue weighted by atomic mass is 32.2. The van der Waals surface area contributed by atoms with E-state index in [4.69, 9.17) is 10.5 Å². The summed E-state index contributed by atoms with van der Waals surface area (Å²) in [6, 6.07) is 4.76. The SMILES string of the molecule is COc1cc(CN)ccc1S(=O)(=O)Nc1cn(C)nc1C. The zero-order valence-corrected chi connectivity index (χ0v) is 12.9. The number of nitrogens with two attached hydrogens (primary N) is 1. The van der Waals surface area contributed by atoms with Crippen LogP contribution in [0.15, 0.2) is 29.3 Å². The van der Waals surface area contributed by atoms with Crippen LogP contribution in [0, 0.1) is 6.92 Å². The smallest absolute Gasteiger partial charge is 0.265 e. The summed E-state index contributed by atoms with van der Waals surface area (Å²) < 4.78 is 34.2. The Kier molecular flexibility index (Phi) is 4.19. The quantitative estimate of drug-likeness (QED) is 0.858. The Morgan fingerprint density at radius 2 is 2.14 bits per heavy atom. The molecule has 2 rings (SSSR count). The third kappa shape index (κ3) is 3.17. The van der Waals surface area contributed by atoms with Crippen LogP contribution >= 0.6 is 0 Å². The van der Waals surface area contributed by atoms with Crippen molar-refractivity contribution in [3.63, 3.8) is 0 Å². The van der Waals surface area contributed by atoms with Crippen molar-refractivity contribution in [2.24, 2.45) is 12.8 Å². The molecule has 0 amide bonds. The van der Waals surface area contributed by atoms with E-state index in [1.807, 2.05) is 0 Å². The molecule has 0 atom stereocenters. The zero-order chi connectivity index (χ0) is 15.6. The summed E-state index contributed by atoms with van der Waals surface area (Å²) in [5.74, 6) is 0.256. The molecule has 0 radical (unpaired) electrons. The van der Waals surface area contributed by atoms with Crippen molar-refractivity contribution >= 4 is 15.7 Å². The van der Waals surface area contributed by atoms with Gasteiger partial charge in [-0.3, -0.25) is 9.40 Å². The van der Waals surface area contributed by atoms with Crippen molar-refractivity contribution < 1.29 is 13.2 Å². The molecule has 0 aliphatic rings. The molecule has 1 aromatic carbocycles. The van der Waals surface area contributed by atoms with Crippen LogP contribution in [0.2, 0.25) is 0 Å². The first-order valence-electron chi connectivity index (χ1n) is 6.27. The molecule has 21 heavy (non-hydrogen) atoms. The normalized spacial score (nSPS) is 11.4. The van der Waals surface area contributed by atoms with Gasteiger partial charge in [-0.2, -0.15) is 5.10 Å². The van der Waals surface area contributed by atoms with Crippen LogP contribution in [0.1, 0.15) is 11.3 Å². The molecule has 0 bridgehead atoms. The topological polar surface area (TPSA) is 99.2 Å². The average molecular weight is 310 g/mol. The first kappa shape index (κ1) is 15.3. The Hall–Kier alpha value is -2.06. The summed E-state index contributed by atoms with van der Waals surface area (Å²) in [6.45, 7) is 2.04. The number of benzene rings is 1. The number of hydrogen-bond donors (Lipinski definition) is 2. The van der Waals surface area contributed by atoms with Crippen molar-refractivity contribution in [2.75, 3.05) is 11.8 Å². The molecule has 0 aliphatic carbocycles. The van der Waals surface area contributed by atoms with Gasteiger partial charge in [0, 0.05) is 19.8 Å². The van der Waals surface area contributed by atoms with E-state index in [1.54, 1.807) is 37.0 Å². The van der Waals surface area contributed by atoms with Gasteiger partial charge in [-0.15, -0.1) is 0 Å². The molecule has 8 heteroatoms. The fourth-order valence-electron chi connectivity index (χ4n) is 1.96. The largest absolute Gasteiger partial charge is 0.495 e. The van der Waals surface area contributed by atoms with Crippen molar-refractivity contribution in [1.29, 1.82) is 0 Å². The third-order valence-corrected chi connectivity index (χ3v) is 4.42. The van der Waals surface area contributed by atoms with Crippen LogP contribution in [-0.4, -0.2) is 25.3 Å². The van der Waals surface area contributed by atoms with E-state index in [2.05, 4.69) is 9.82 Å². The van der Waals surface area contributed by atoms with Crippen LogP contribution < -0.4 is 15.2 Å². The second-order valence-electron chi connectivity index (χ2n) is 4.60. The summed E-state index contributed by atoms with van der Waals surface area (Å²) >= 11 is 0. The summed E-state index contributed by atoms with van der Waals surface area (Å²) in [7, 11) is -0.615. The number of sulfonamides is 1. The van der Waals surface area contributed by atoms with Gasteiger partial charge in [0.2, 0.25) is 0 Å². The fourth-order valence-corrected chi connectivity index (χ4v) is 3.21. The van der Waals surface area contributed by atoms with Crippen LogP contribution in [-0.2, 0) is 23.6 Å². The van der Waals surface area contributed by atoms with E-state index in [1.165, 1.54) is 13.2 Å². The molecular formula is C13H18N4O3S. The van der Waals surface area contributed by atoms with Gasteiger partial charge in [-0.25, -0.2) is 8.42 Å². The lowest BCUT2D eigenvalue weighted by molar-refractivity contribution is 0.402. The number of hydrogen-bond acceptors (Lipinski definition) is 5. The predicted molar refractivity (Wildman–Crippen MR) is 79.6 cm³/mol. The molecule has 0 fully saturated rings. The predicted octanol–water partition coefficient (Wildman–Crippen LogP) is 0.997. The molecule has 0 spiro atoms. The van der Waals surface area contributed by atoms with Gasteiger partial charge in [0.1, 0.15) is 10.6 Å². The van der Waals surface area contributed by atoms with E-state index in [9.17, 15) is 8.42 Å². The summed E-state index contributed by atoms with van der Waals surface area (Å²) in [4.78, 5) is 0.0606. The Morgan fingerprint density at radius 3 is 2.67 bits per heavy atom. The zero-order valence-electron chi connectivity index (χ0n) is 12.1. The van der Waals surface area contributed by atoms with Gasteiger partial charge in [0.05, 0.1) is 18.5 Å². The molecular weight excluding hydrogens is 292 g/mol. The van der Waals surface area contributed by atoms with Gasteiger partial charge < -0.3 is 10.5 Å². The monoisotopic (exact) mass is 310 g/mol. The molecule has 0 saturated carbocycles. The van der Waals surface area contributed by atoms with Crippen molar-refractivity contribution in [2.45, 2.75) is 18.4 Å². The molecule has 3 N–H and O–H groups in total. The average Bonchev–Trinajstić information content (AvgIpc) is 2.75. The lowest BCUT2D eigenvalue weighted by Crippen LogP contribution is -2.14. The van der Waals surface area contributed by atoms with E-state index in [-0.39, 0.29) is 10.6 Å². The van der Waals surface area contributed by atoms with Gasteiger partial charge in [0.25, 0.3) is 10.0 Å². The van der Waals surface area contributed by atoms with Gasteiger partial charge in [-0.1, -0.05) is 6.07 Å². The first-order valence-corrected chi connectivity index (χ1v) is 7.75. The van der Waals surface area contributed by atoms with Crippen LogP contribution in [0.25, 0.3) is 0 Å². The minimum absolute atomic E-state index is 0.0606. The van der Waals surface area contributed by atoms with Crippen LogP contribution in [0.3, 0.4) is 0 Å². The summed E-state index contributed by atoms with van der Waals surface area (Å²) in [5.41, 5.74) is 7.37. The highest BCUT2D eigenvalue weighted by Crippen LogP contribution is 2.27. The number of anilines is 1. The number of aromatic nitrogens is 2. The fraction of sp³-hybridized carbons (Fsp3) is 0.308. The van der Waals surface area contributed by atoms with E-state index < -0.39 is 10.0 Å². The van der Waals surface area contributed by atoms with E-state index in [0.717, 1.165) is 5.56 Å². The van der Waals surface area contributed by atoms with E-state index >= 15 is 0 Å². The Balaban J connectivity index is 2.42. The highest BCUT2D eigenvalue weighted by Gasteiger charge is 2.21.